The second-order valence-electron chi connectivity index (χ2n) is 3.85. The van der Waals surface area contributed by atoms with E-state index in [0.29, 0.717) is 0 Å². The number of hydrogen-bond donors (Lipinski definition) is 3. The molecular weight excluding hydrogens is 230 g/mol. The Kier molecular flexibility index (Phi) is 7.08. The molecule has 6 heteroatoms. The van der Waals surface area contributed by atoms with Gasteiger partial charge in [-0.25, -0.2) is 0 Å². The molecule has 0 saturated carbocycles. The van der Waals surface area contributed by atoms with Gasteiger partial charge in [0.2, 0.25) is 11.8 Å². The van der Waals surface area contributed by atoms with E-state index in [1.165, 1.54) is 0 Å². The first kappa shape index (κ1) is 15.2. The molecule has 2 amide bonds. The molecule has 94 valence electrons. The summed E-state index contributed by atoms with van der Waals surface area (Å²) in [7, 11) is 1.56. The summed E-state index contributed by atoms with van der Waals surface area (Å²) < 4.78 is 0. The largest absolute Gasteiger partial charge is 0.357 e. The number of carbonyl (C=O) groups excluding carboxylic acids is 2. The molecule has 0 aromatic rings. The van der Waals surface area contributed by atoms with E-state index < -0.39 is 6.04 Å². The lowest BCUT2D eigenvalue weighted by Gasteiger charge is -2.24. The monoisotopic (exact) mass is 249 g/mol. The second kappa shape index (κ2) is 7.46. The maximum Gasteiger partial charge on any atom is 0.242 e. The van der Waals surface area contributed by atoms with Crippen molar-refractivity contribution in [2.45, 2.75) is 38.3 Å². The van der Waals surface area contributed by atoms with Gasteiger partial charge in [0.1, 0.15) is 6.04 Å². The summed E-state index contributed by atoms with van der Waals surface area (Å²) >= 11 is 0. The highest BCUT2D eigenvalue weighted by Gasteiger charge is 2.23. The highest BCUT2D eigenvalue weighted by molar-refractivity contribution is 5.89. The van der Waals surface area contributed by atoms with Gasteiger partial charge in [-0.2, -0.15) is 0 Å². The normalized spacial score (nSPS) is 21.5. The Hall–Kier alpha value is -0.810. The third-order valence-corrected chi connectivity index (χ3v) is 2.63. The number of hydrogen-bond acceptors (Lipinski definition) is 3. The lowest BCUT2D eigenvalue weighted by Crippen LogP contribution is -2.52. The van der Waals surface area contributed by atoms with E-state index in [9.17, 15) is 9.59 Å². The molecular formula is C10H20ClN3O2. The van der Waals surface area contributed by atoms with Crippen molar-refractivity contribution >= 4 is 24.2 Å². The van der Waals surface area contributed by atoms with Crippen molar-refractivity contribution in [2.75, 3.05) is 13.6 Å². The molecule has 1 aliphatic heterocycles. The standard InChI is InChI=1S/C10H19N3O2.ClH/c1-7(9(14)11-2)13-10(15)8-5-3-4-6-12-8;/h7-8,12H,3-6H2,1-2H3,(H,11,14)(H,13,15);1H/t7-,8?;/m1./s1. The van der Waals surface area contributed by atoms with Crippen molar-refractivity contribution < 1.29 is 9.59 Å². The molecule has 0 aliphatic carbocycles. The van der Waals surface area contributed by atoms with Crippen LogP contribution in [0.5, 0.6) is 0 Å². The van der Waals surface area contributed by atoms with E-state index >= 15 is 0 Å². The van der Waals surface area contributed by atoms with Crippen LogP contribution in [0.15, 0.2) is 0 Å². The molecule has 1 heterocycles. The van der Waals surface area contributed by atoms with Crippen LogP contribution in [0.25, 0.3) is 0 Å². The fourth-order valence-corrected chi connectivity index (χ4v) is 1.67. The van der Waals surface area contributed by atoms with Crippen molar-refractivity contribution in [3.63, 3.8) is 0 Å². The molecule has 1 aliphatic rings. The van der Waals surface area contributed by atoms with E-state index in [1.54, 1.807) is 14.0 Å². The van der Waals surface area contributed by atoms with Crippen molar-refractivity contribution in [3.8, 4) is 0 Å². The maximum absolute atomic E-state index is 11.7. The number of nitrogens with one attached hydrogen (secondary N) is 3. The Balaban J connectivity index is 0.00000225. The molecule has 0 aromatic heterocycles. The van der Waals surface area contributed by atoms with Crippen LogP contribution in [0.3, 0.4) is 0 Å². The van der Waals surface area contributed by atoms with Crippen LogP contribution in [0.2, 0.25) is 0 Å². The fourth-order valence-electron chi connectivity index (χ4n) is 1.67. The molecule has 1 rings (SSSR count). The first-order valence-electron chi connectivity index (χ1n) is 5.40. The number of rotatable bonds is 3. The van der Waals surface area contributed by atoms with Crippen LogP contribution in [-0.4, -0.2) is 37.5 Å². The Morgan fingerprint density at radius 3 is 2.56 bits per heavy atom. The van der Waals surface area contributed by atoms with Crippen LogP contribution < -0.4 is 16.0 Å². The van der Waals surface area contributed by atoms with Gasteiger partial charge < -0.3 is 16.0 Å². The van der Waals surface area contributed by atoms with E-state index in [0.717, 1.165) is 25.8 Å². The van der Waals surface area contributed by atoms with E-state index in [1.807, 2.05) is 0 Å². The number of likely N-dealkylation sites (N-methyl/N-ethyl adjacent to an activating group) is 1. The quantitative estimate of drug-likeness (QED) is 0.649. The Labute approximate surface area is 102 Å². The van der Waals surface area contributed by atoms with Crippen LogP contribution in [0, 0.1) is 0 Å². The predicted molar refractivity (Wildman–Crippen MR) is 64.6 cm³/mol. The van der Waals surface area contributed by atoms with Crippen LogP contribution in [-0.2, 0) is 9.59 Å². The molecule has 3 N–H and O–H groups in total. The molecule has 1 fully saturated rings. The summed E-state index contributed by atoms with van der Waals surface area (Å²) in [4.78, 5) is 22.9. The lowest BCUT2D eigenvalue weighted by atomic mass is 10.0. The summed E-state index contributed by atoms with van der Waals surface area (Å²) in [5.41, 5.74) is 0. The zero-order valence-corrected chi connectivity index (χ0v) is 10.5. The number of carbonyl (C=O) groups is 2. The van der Waals surface area contributed by atoms with Crippen LogP contribution in [0.1, 0.15) is 26.2 Å². The van der Waals surface area contributed by atoms with Gasteiger partial charge in [0.25, 0.3) is 0 Å². The van der Waals surface area contributed by atoms with Gasteiger partial charge in [-0.05, 0) is 26.3 Å². The first-order chi connectivity index (χ1) is 7.15. The molecule has 0 aromatic carbocycles. The SMILES string of the molecule is CNC(=O)[C@@H](C)NC(=O)C1CCCCN1.Cl. The zero-order chi connectivity index (χ0) is 11.3. The van der Waals surface area contributed by atoms with Gasteiger partial charge in [0.05, 0.1) is 6.04 Å². The minimum Gasteiger partial charge on any atom is -0.357 e. The second-order valence-corrected chi connectivity index (χ2v) is 3.85. The summed E-state index contributed by atoms with van der Waals surface area (Å²) in [5, 5.41) is 8.32. The maximum atomic E-state index is 11.7. The van der Waals surface area contributed by atoms with Gasteiger partial charge in [0, 0.05) is 7.05 Å². The topological polar surface area (TPSA) is 70.2 Å². The smallest absolute Gasteiger partial charge is 0.242 e. The van der Waals surface area contributed by atoms with Gasteiger partial charge in [-0.1, -0.05) is 6.42 Å². The van der Waals surface area contributed by atoms with Gasteiger partial charge in [-0.15, -0.1) is 12.4 Å². The van der Waals surface area contributed by atoms with Crippen molar-refractivity contribution in [3.05, 3.63) is 0 Å². The highest BCUT2D eigenvalue weighted by atomic mass is 35.5. The summed E-state index contributed by atoms with van der Waals surface area (Å²) in [6, 6.07) is -0.600. The first-order valence-corrected chi connectivity index (χ1v) is 5.40. The number of amides is 2. The minimum absolute atomic E-state index is 0. The average Bonchev–Trinajstić information content (AvgIpc) is 2.29. The molecule has 0 radical (unpaired) electrons. The minimum atomic E-state index is -0.466. The lowest BCUT2D eigenvalue weighted by molar-refractivity contribution is -0.129. The molecule has 2 atom stereocenters. The molecule has 0 spiro atoms. The van der Waals surface area contributed by atoms with E-state index in [2.05, 4.69) is 16.0 Å². The van der Waals surface area contributed by atoms with Crippen LogP contribution >= 0.6 is 12.4 Å². The van der Waals surface area contributed by atoms with Gasteiger partial charge >= 0.3 is 0 Å². The summed E-state index contributed by atoms with van der Waals surface area (Å²) in [6.07, 6.45) is 3.04. The average molecular weight is 250 g/mol. The van der Waals surface area contributed by atoms with E-state index in [-0.39, 0.29) is 30.3 Å². The van der Waals surface area contributed by atoms with Crippen molar-refractivity contribution in [2.24, 2.45) is 0 Å². The number of piperidine rings is 1. The third kappa shape index (κ3) is 4.37. The fraction of sp³-hybridized carbons (Fsp3) is 0.800. The Morgan fingerprint density at radius 2 is 2.06 bits per heavy atom. The predicted octanol–water partition coefficient (Wildman–Crippen LogP) is -0.199. The van der Waals surface area contributed by atoms with Crippen molar-refractivity contribution in [1.82, 2.24) is 16.0 Å². The Bertz CT molecular complexity index is 242. The van der Waals surface area contributed by atoms with Gasteiger partial charge in [-0.3, -0.25) is 9.59 Å². The third-order valence-electron chi connectivity index (χ3n) is 2.63. The number of halogens is 1. The van der Waals surface area contributed by atoms with E-state index in [4.69, 9.17) is 0 Å². The molecule has 0 bridgehead atoms. The zero-order valence-electron chi connectivity index (χ0n) is 9.71. The summed E-state index contributed by atoms with van der Waals surface area (Å²) in [6.45, 7) is 2.56. The molecule has 16 heavy (non-hydrogen) atoms. The Morgan fingerprint density at radius 1 is 1.38 bits per heavy atom. The molecule has 1 unspecified atom stereocenters. The van der Waals surface area contributed by atoms with Gasteiger partial charge in [0.15, 0.2) is 0 Å². The van der Waals surface area contributed by atoms with Crippen molar-refractivity contribution in [1.29, 1.82) is 0 Å². The van der Waals surface area contributed by atoms with Crippen LogP contribution in [0.4, 0.5) is 0 Å². The highest BCUT2D eigenvalue weighted by Crippen LogP contribution is 2.06. The molecule has 1 saturated heterocycles. The molecule has 5 nitrogen and oxygen atoms in total. The summed E-state index contributed by atoms with van der Waals surface area (Å²) in [5.74, 6) is -0.245.